The number of piperidine rings is 1. The lowest BCUT2D eigenvalue weighted by Gasteiger charge is -2.28. The molecule has 2 saturated heterocycles. The molecule has 7 nitrogen and oxygen atoms in total. The number of piperazine rings is 1. The molecule has 2 fully saturated rings. The van der Waals surface area contributed by atoms with Crippen LogP contribution < -0.4 is 15.5 Å². The van der Waals surface area contributed by atoms with Crippen LogP contribution in [0.25, 0.3) is 0 Å². The lowest BCUT2D eigenvalue weighted by atomic mass is 10.1. The van der Waals surface area contributed by atoms with Gasteiger partial charge < -0.3 is 10.2 Å². The number of nitrogens with one attached hydrogen (secondary N) is 2. The molecule has 0 spiro atoms. The Morgan fingerprint density at radius 1 is 1.16 bits per heavy atom. The molecule has 1 aromatic heterocycles. The third kappa shape index (κ3) is 2.60. The van der Waals surface area contributed by atoms with E-state index in [2.05, 4.69) is 20.6 Å². The number of anilines is 1. The minimum absolute atomic E-state index is 0.155. The van der Waals surface area contributed by atoms with Gasteiger partial charge in [-0.3, -0.25) is 19.6 Å². The van der Waals surface area contributed by atoms with E-state index in [1.54, 1.807) is 4.68 Å². The molecule has 102 valence electrons. The molecule has 7 heteroatoms. The van der Waals surface area contributed by atoms with Crippen LogP contribution in [0.15, 0.2) is 12.4 Å². The van der Waals surface area contributed by atoms with Gasteiger partial charge in [0, 0.05) is 45.2 Å². The largest absolute Gasteiger partial charge is 0.366 e. The number of nitrogens with zero attached hydrogens (tertiary/aromatic N) is 3. The van der Waals surface area contributed by atoms with Crippen molar-refractivity contribution < 1.29 is 9.59 Å². The summed E-state index contributed by atoms with van der Waals surface area (Å²) in [5.74, 6) is -0.444. The van der Waals surface area contributed by atoms with Crippen LogP contribution in [0.3, 0.4) is 0 Å². The molecule has 0 radical (unpaired) electrons. The maximum atomic E-state index is 11.4. The first kappa shape index (κ1) is 12.2. The molecule has 3 rings (SSSR count). The third-order valence-corrected chi connectivity index (χ3v) is 3.57. The minimum atomic E-state index is -0.222. The summed E-state index contributed by atoms with van der Waals surface area (Å²) in [6.07, 6.45) is 4.37. The Kier molecular flexibility index (Phi) is 3.20. The smallest absolute Gasteiger partial charge is 0.228 e. The number of carbonyl (C=O) groups is 2. The first-order valence-corrected chi connectivity index (χ1v) is 6.55. The standard InChI is InChI=1S/C12H17N5O2/c18-11-5-9(6-12(19)15-11)17-8-10(7-14-17)16-3-1-13-2-4-16/h7-9,13H,1-6H2,(H,15,18,19). The van der Waals surface area contributed by atoms with Gasteiger partial charge in [-0.05, 0) is 0 Å². The zero-order valence-electron chi connectivity index (χ0n) is 10.6. The van der Waals surface area contributed by atoms with Crippen LogP contribution in [0.4, 0.5) is 5.69 Å². The second kappa shape index (κ2) is 5.00. The van der Waals surface area contributed by atoms with E-state index in [-0.39, 0.29) is 17.9 Å². The zero-order chi connectivity index (χ0) is 13.2. The highest BCUT2D eigenvalue weighted by atomic mass is 16.2. The summed E-state index contributed by atoms with van der Waals surface area (Å²) in [7, 11) is 0. The van der Waals surface area contributed by atoms with Crippen molar-refractivity contribution in [3.63, 3.8) is 0 Å². The van der Waals surface area contributed by atoms with E-state index in [0.717, 1.165) is 31.9 Å². The van der Waals surface area contributed by atoms with Crippen molar-refractivity contribution in [1.82, 2.24) is 20.4 Å². The predicted octanol–water partition coefficient (Wildman–Crippen LogP) is -0.730. The topological polar surface area (TPSA) is 79.3 Å². The molecule has 0 saturated carbocycles. The van der Waals surface area contributed by atoms with Crippen LogP contribution in [-0.2, 0) is 9.59 Å². The number of imide groups is 1. The molecule has 0 aromatic carbocycles. The van der Waals surface area contributed by atoms with Gasteiger partial charge in [-0.2, -0.15) is 5.10 Å². The first-order chi connectivity index (χ1) is 9.22. The van der Waals surface area contributed by atoms with Crippen LogP contribution in [0.5, 0.6) is 0 Å². The van der Waals surface area contributed by atoms with Crippen molar-refractivity contribution in [2.45, 2.75) is 18.9 Å². The molecule has 0 bridgehead atoms. The molecule has 0 unspecified atom stereocenters. The Morgan fingerprint density at radius 3 is 2.53 bits per heavy atom. The lowest BCUT2D eigenvalue weighted by molar-refractivity contribution is -0.134. The molecular weight excluding hydrogens is 246 g/mol. The molecule has 2 N–H and O–H groups in total. The highest BCUT2D eigenvalue weighted by Crippen LogP contribution is 2.22. The average molecular weight is 263 g/mol. The summed E-state index contributed by atoms with van der Waals surface area (Å²) in [5.41, 5.74) is 1.06. The van der Waals surface area contributed by atoms with Crippen LogP contribution in [0.2, 0.25) is 0 Å². The van der Waals surface area contributed by atoms with Crippen LogP contribution in [0, 0.1) is 0 Å². The van der Waals surface area contributed by atoms with Crippen molar-refractivity contribution in [2.24, 2.45) is 0 Å². The van der Waals surface area contributed by atoms with Gasteiger partial charge in [0.2, 0.25) is 11.8 Å². The predicted molar refractivity (Wildman–Crippen MR) is 68.7 cm³/mol. The summed E-state index contributed by atoms with van der Waals surface area (Å²) in [6, 6.07) is -0.155. The summed E-state index contributed by atoms with van der Waals surface area (Å²) in [5, 5.41) is 9.92. The van der Waals surface area contributed by atoms with Crippen LogP contribution in [-0.4, -0.2) is 47.8 Å². The number of carbonyl (C=O) groups excluding carboxylic acids is 2. The number of hydrogen-bond acceptors (Lipinski definition) is 5. The Labute approximate surface area is 110 Å². The van der Waals surface area contributed by atoms with E-state index in [9.17, 15) is 9.59 Å². The zero-order valence-corrected chi connectivity index (χ0v) is 10.6. The highest BCUT2D eigenvalue weighted by Gasteiger charge is 2.27. The highest BCUT2D eigenvalue weighted by molar-refractivity contribution is 5.98. The van der Waals surface area contributed by atoms with Gasteiger partial charge >= 0.3 is 0 Å². The molecule has 19 heavy (non-hydrogen) atoms. The van der Waals surface area contributed by atoms with Gasteiger partial charge in [-0.25, -0.2) is 0 Å². The number of amides is 2. The van der Waals surface area contributed by atoms with Gasteiger partial charge in [0.05, 0.1) is 17.9 Å². The molecular formula is C12H17N5O2. The first-order valence-electron chi connectivity index (χ1n) is 6.55. The number of rotatable bonds is 2. The molecule has 2 amide bonds. The van der Waals surface area contributed by atoms with Gasteiger partial charge in [-0.1, -0.05) is 0 Å². The van der Waals surface area contributed by atoms with Crippen LogP contribution >= 0.6 is 0 Å². The SMILES string of the molecule is O=C1CC(n2cc(N3CCNCC3)cn2)CC(=O)N1. The Hall–Kier alpha value is -1.89. The molecule has 2 aliphatic rings. The molecule has 1 aromatic rings. The van der Waals surface area contributed by atoms with Crippen LogP contribution in [0.1, 0.15) is 18.9 Å². The second-order valence-corrected chi connectivity index (χ2v) is 4.95. The van der Waals surface area contributed by atoms with Gasteiger partial charge in [0.1, 0.15) is 0 Å². The van der Waals surface area contributed by atoms with Crippen molar-refractivity contribution in [1.29, 1.82) is 0 Å². The summed E-state index contributed by atoms with van der Waals surface area (Å²) >= 11 is 0. The molecule has 2 aliphatic heterocycles. The van der Waals surface area contributed by atoms with Gasteiger partial charge in [0.25, 0.3) is 0 Å². The fraction of sp³-hybridized carbons (Fsp3) is 0.583. The monoisotopic (exact) mass is 263 g/mol. The van der Waals surface area contributed by atoms with Gasteiger partial charge in [0.15, 0.2) is 0 Å². The number of aromatic nitrogens is 2. The maximum absolute atomic E-state index is 11.4. The second-order valence-electron chi connectivity index (χ2n) is 4.95. The summed E-state index contributed by atoms with van der Waals surface area (Å²) < 4.78 is 1.74. The molecule has 3 heterocycles. The molecule has 0 aliphatic carbocycles. The minimum Gasteiger partial charge on any atom is -0.366 e. The van der Waals surface area contributed by atoms with Crippen molar-refractivity contribution in [2.75, 3.05) is 31.1 Å². The average Bonchev–Trinajstić information content (AvgIpc) is 2.88. The van der Waals surface area contributed by atoms with E-state index < -0.39 is 0 Å². The van der Waals surface area contributed by atoms with E-state index >= 15 is 0 Å². The Bertz CT molecular complexity index is 476. The number of hydrogen-bond donors (Lipinski definition) is 2. The van der Waals surface area contributed by atoms with E-state index in [1.165, 1.54) is 0 Å². The van der Waals surface area contributed by atoms with E-state index in [1.807, 2.05) is 12.4 Å². The summed E-state index contributed by atoms with van der Waals surface area (Å²) in [6.45, 7) is 3.84. The molecule has 0 atom stereocenters. The van der Waals surface area contributed by atoms with Crippen molar-refractivity contribution in [3.8, 4) is 0 Å². The lowest BCUT2D eigenvalue weighted by Crippen LogP contribution is -2.43. The fourth-order valence-corrected chi connectivity index (χ4v) is 2.56. The Morgan fingerprint density at radius 2 is 1.84 bits per heavy atom. The Balaban J connectivity index is 1.73. The van der Waals surface area contributed by atoms with Crippen molar-refractivity contribution in [3.05, 3.63) is 12.4 Å². The third-order valence-electron chi connectivity index (χ3n) is 3.57. The quantitative estimate of drug-likeness (QED) is 0.688. The van der Waals surface area contributed by atoms with E-state index in [4.69, 9.17) is 0 Å². The van der Waals surface area contributed by atoms with E-state index in [0.29, 0.717) is 12.8 Å². The summed E-state index contributed by atoms with van der Waals surface area (Å²) in [4.78, 5) is 25.0. The maximum Gasteiger partial charge on any atom is 0.228 e. The van der Waals surface area contributed by atoms with Gasteiger partial charge in [-0.15, -0.1) is 0 Å². The van der Waals surface area contributed by atoms with Crippen molar-refractivity contribution >= 4 is 17.5 Å². The fourth-order valence-electron chi connectivity index (χ4n) is 2.56. The normalized spacial score (nSPS) is 21.6.